The molecule has 5 nitrogen and oxygen atoms in total. The van der Waals surface area contributed by atoms with Crippen molar-refractivity contribution in [2.24, 2.45) is 0 Å². The standard InChI is InChI=1S/C22H27ClFN3O2/c1-4-19-22(26(12-6-11-24)13-14-28-2)21-8-5-7-20(27(21)25-19)17-10-9-16(29-3)15-18(17)23/h5,7-10,15H,4,6,11-14H2,1-3H3. The Morgan fingerprint density at radius 2 is 2.00 bits per heavy atom. The summed E-state index contributed by atoms with van der Waals surface area (Å²) in [6, 6.07) is 11.7. The van der Waals surface area contributed by atoms with Crippen molar-refractivity contribution in [3.05, 3.63) is 47.1 Å². The van der Waals surface area contributed by atoms with E-state index in [2.05, 4.69) is 11.8 Å². The van der Waals surface area contributed by atoms with Crippen molar-refractivity contribution in [1.29, 1.82) is 0 Å². The lowest BCUT2D eigenvalue weighted by Gasteiger charge is -2.24. The molecule has 29 heavy (non-hydrogen) atoms. The van der Waals surface area contributed by atoms with E-state index < -0.39 is 0 Å². The molecule has 0 aliphatic heterocycles. The minimum atomic E-state index is -0.350. The Labute approximate surface area is 176 Å². The maximum Gasteiger partial charge on any atom is 0.120 e. The fraction of sp³-hybridized carbons (Fsp3) is 0.409. The quantitative estimate of drug-likeness (QED) is 0.461. The van der Waals surface area contributed by atoms with Gasteiger partial charge in [0.15, 0.2) is 0 Å². The van der Waals surface area contributed by atoms with Crippen LogP contribution in [0.15, 0.2) is 36.4 Å². The molecule has 1 aromatic carbocycles. The molecule has 0 spiro atoms. The van der Waals surface area contributed by atoms with E-state index in [1.54, 1.807) is 20.3 Å². The summed E-state index contributed by atoms with van der Waals surface area (Å²) < 4.78 is 25.4. The van der Waals surface area contributed by atoms with Gasteiger partial charge in [-0.25, -0.2) is 4.52 Å². The highest BCUT2D eigenvalue weighted by molar-refractivity contribution is 6.33. The van der Waals surface area contributed by atoms with Crippen molar-refractivity contribution in [1.82, 2.24) is 9.61 Å². The molecule has 0 N–H and O–H groups in total. The number of halogens is 2. The zero-order chi connectivity index (χ0) is 20.8. The number of hydrogen-bond acceptors (Lipinski definition) is 4. The van der Waals surface area contributed by atoms with Crippen molar-refractivity contribution >= 4 is 22.8 Å². The number of nitrogens with zero attached hydrogens (tertiary/aromatic N) is 3. The molecule has 0 unspecified atom stereocenters. The van der Waals surface area contributed by atoms with Gasteiger partial charge in [0.25, 0.3) is 0 Å². The van der Waals surface area contributed by atoms with Crippen LogP contribution in [-0.4, -0.2) is 50.2 Å². The van der Waals surface area contributed by atoms with Crippen LogP contribution in [0.25, 0.3) is 16.8 Å². The number of aryl methyl sites for hydroxylation is 1. The predicted octanol–water partition coefficient (Wildman–Crippen LogP) is 5.04. The molecule has 0 amide bonds. The molecular weight excluding hydrogens is 393 g/mol. The molecule has 2 heterocycles. The minimum absolute atomic E-state index is 0.350. The van der Waals surface area contributed by atoms with E-state index in [1.165, 1.54) is 0 Å². The summed E-state index contributed by atoms with van der Waals surface area (Å²) in [5.41, 5.74) is 4.75. The van der Waals surface area contributed by atoms with Crippen LogP contribution in [0.5, 0.6) is 5.75 Å². The van der Waals surface area contributed by atoms with Crippen LogP contribution < -0.4 is 9.64 Å². The van der Waals surface area contributed by atoms with Gasteiger partial charge in [-0.2, -0.15) is 5.10 Å². The van der Waals surface area contributed by atoms with Gasteiger partial charge in [-0.15, -0.1) is 0 Å². The second kappa shape index (κ2) is 9.94. The fourth-order valence-electron chi connectivity index (χ4n) is 3.51. The Hall–Kier alpha value is -2.31. The van der Waals surface area contributed by atoms with E-state index in [1.807, 2.05) is 34.8 Å². The Bertz CT molecular complexity index is 953. The van der Waals surface area contributed by atoms with Crippen LogP contribution in [0, 0.1) is 0 Å². The first-order chi connectivity index (χ1) is 14.1. The summed E-state index contributed by atoms with van der Waals surface area (Å²) in [4.78, 5) is 2.17. The summed E-state index contributed by atoms with van der Waals surface area (Å²) in [5, 5.41) is 5.48. The molecular formula is C22H27ClFN3O2. The average molecular weight is 420 g/mol. The first-order valence-corrected chi connectivity index (χ1v) is 10.2. The topological polar surface area (TPSA) is 39.0 Å². The number of pyridine rings is 1. The van der Waals surface area contributed by atoms with Crippen molar-refractivity contribution < 1.29 is 13.9 Å². The summed E-state index contributed by atoms with van der Waals surface area (Å²) in [6.45, 7) is 3.59. The highest BCUT2D eigenvalue weighted by Gasteiger charge is 2.20. The van der Waals surface area contributed by atoms with Crippen molar-refractivity contribution in [3.63, 3.8) is 0 Å². The second-order valence-corrected chi connectivity index (χ2v) is 7.13. The lowest BCUT2D eigenvalue weighted by atomic mass is 10.1. The zero-order valence-corrected chi connectivity index (χ0v) is 17.9. The smallest absolute Gasteiger partial charge is 0.120 e. The Balaban J connectivity index is 2.14. The van der Waals surface area contributed by atoms with Gasteiger partial charge in [0.1, 0.15) is 5.75 Å². The third kappa shape index (κ3) is 4.49. The Morgan fingerprint density at radius 3 is 2.66 bits per heavy atom. The first-order valence-electron chi connectivity index (χ1n) is 9.79. The number of aromatic nitrogens is 2. The lowest BCUT2D eigenvalue weighted by Crippen LogP contribution is -2.29. The highest BCUT2D eigenvalue weighted by Crippen LogP contribution is 2.35. The molecule has 0 saturated heterocycles. The van der Waals surface area contributed by atoms with E-state index in [4.69, 9.17) is 26.2 Å². The summed E-state index contributed by atoms with van der Waals surface area (Å²) in [6.07, 6.45) is 1.24. The monoisotopic (exact) mass is 419 g/mol. The molecule has 0 aliphatic carbocycles. The van der Waals surface area contributed by atoms with Crippen LogP contribution in [-0.2, 0) is 11.2 Å². The summed E-state index contributed by atoms with van der Waals surface area (Å²) >= 11 is 6.53. The van der Waals surface area contributed by atoms with Crippen LogP contribution in [0.2, 0.25) is 5.02 Å². The van der Waals surface area contributed by atoms with Crippen LogP contribution in [0.4, 0.5) is 10.1 Å². The number of rotatable bonds is 10. The molecule has 0 atom stereocenters. The van der Waals surface area contributed by atoms with Gasteiger partial charge in [0.2, 0.25) is 0 Å². The first kappa shape index (κ1) is 21.4. The molecule has 2 aromatic heterocycles. The molecule has 3 aromatic rings. The zero-order valence-electron chi connectivity index (χ0n) is 17.1. The number of benzene rings is 1. The van der Waals surface area contributed by atoms with Gasteiger partial charge in [-0.05, 0) is 43.2 Å². The molecule has 0 fully saturated rings. The van der Waals surface area contributed by atoms with Gasteiger partial charge < -0.3 is 14.4 Å². The number of ether oxygens (including phenoxy) is 2. The number of anilines is 1. The van der Waals surface area contributed by atoms with Crippen LogP contribution in [0.1, 0.15) is 19.0 Å². The van der Waals surface area contributed by atoms with E-state index in [-0.39, 0.29) is 6.67 Å². The average Bonchev–Trinajstić information content (AvgIpc) is 3.12. The molecule has 7 heteroatoms. The van der Waals surface area contributed by atoms with Gasteiger partial charge in [-0.1, -0.05) is 24.6 Å². The van der Waals surface area contributed by atoms with Gasteiger partial charge in [-0.3, -0.25) is 4.39 Å². The highest BCUT2D eigenvalue weighted by atomic mass is 35.5. The van der Waals surface area contributed by atoms with Crippen molar-refractivity contribution in [3.8, 4) is 17.0 Å². The fourth-order valence-corrected chi connectivity index (χ4v) is 3.78. The number of fused-ring (bicyclic) bond motifs is 1. The minimum Gasteiger partial charge on any atom is -0.497 e. The molecule has 0 saturated carbocycles. The van der Waals surface area contributed by atoms with E-state index in [9.17, 15) is 4.39 Å². The largest absolute Gasteiger partial charge is 0.497 e. The van der Waals surface area contributed by atoms with Gasteiger partial charge >= 0.3 is 0 Å². The van der Waals surface area contributed by atoms with E-state index >= 15 is 0 Å². The Morgan fingerprint density at radius 1 is 1.17 bits per heavy atom. The van der Waals surface area contributed by atoms with Gasteiger partial charge in [0, 0.05) is 25.8 Å². The third-order valence-corrected chi connectivity index (χ3v) is 5.24. The van der Waals surface area contributed by atoms with Crippen molar-refractivity contribution in [2.75, 3.05) is 45.5 Å². The third-order valence-electron chi connectivity index (χ3n) is 4.93. The second-order valence-electron chi connectivity index (χ2n) is 6.73. The summed E-state index contributed by atoms with van der Waals surface area (Å²) in [7, 11) is 3.29. The Kier molecular flexibility index (Phi) is 7.34. The molecule has 3 rings (SSSR count). The number of alkyl halides is 1. The number of methoxy groups -OCH3 is 2. The van der Waals surface area contributed by atoms with Crippen molar-refractivity contribution in [2.45, 2.75) is 19.8 Å². The number of hydrogen-bond donors (Lipinski definition) is 0. The van der Waals surface area contributed by atoms with Crippen LogP contribution >= 0.6 is 11.6 Å². The predicted molar refractivity (Wildman–Crippen MR) is 116 cm³/mol. The molecule has 156 valence electrons. The lowest BCUT2D eigenvalue weighted by molar-refractivity contribution is 0.205. The molecule has 0 aliphatic rings. The van der Waals surface area contributed by atoms with E-state index in [0.717, 1.165) is 34.6 Å². The maximum absolute atomic E-state index is 12.9. The SMILES string of the molecule is CCc1nn2c(-c3ccc(OC)cc3Cl)cccc2c1N(CCCF)CCOC. The summed E-state index contributed by atoms with van der Waals surface area (Å²) in [5.74, 6) is 0.707. The normalized spacial score (nSPS) is 11.2. The van der Waals surface area contributed by atoms with E-state index in [0.29, 0.717) is 36.9 Å². The molecule has 0 bridgehead atoms. The maximum atomic E-state index is 12.9. The van der Waals surface area contributed by atoms with Gasteiger partial charge in [0.05, 0.1) is 48.0 Å². The van der Waals surface area contributed by atoms with Crippen LogP contribution in [0.3, 0.4) is 0 Å². The molecule has 0 radical (unpaired) electrons.